The summed E-state index contributed by atoms with van der Waals surface area (Å²) in [7, 11) is 0. The number of nitrogens with zero attached hydrogens (tertiary/aromatic N) is 1. The second kappa shape index (κ2) is 3.98. The van der Waals surface area contributed by atoms with Gasteiger partial charge in [-0.2, -0.15) is 5.10 Å². The minimum atomic E-state index is 0.696. The molecule has 3 N–H and O–H groups in total. The molecule has 0 saturated heterocycles. The van der Waals surface area contributed by atoms with E-state index >= 15 is 0 Å². The third-order valence-electron chi connectivity index (χ3n) is 2.23. The number of nitrogens with two attached hydrogens (primary N) is 1. The van der Waals surface area contributed by atoms with E-state index in [-0.39, 0.29) is 0 Å². The van der Waals surface area contributed by atoms with Crippen LogP contribution in [0.3, 0.4) is 0 Å². The molecule has 0 aliphatic heterocycles. The van der Waals surface area contributed by atoms with E-state index in [9.17, 15) is 0 Å². The summed E-state index contributed by atoms with van der Waals surface area (Å²) in [5.74, 6) is 0. The summed E-state index contributed by atoms with van der Waals surface area (Å²) in [4.78, 5) is 0. The molecule has 0 spiro atoms. The van der Waals surface area contributed by atoms with Crippen LogP contribution in [0, 0.1) is 0 Å². The van der Waals surface area contributed by atoms with Gasteiger partial charge in [-0.25, -0.2) is 0 Å². The summed E-state index contributed by atoms with van der Waals surface area (Å²) in [6, 6.07) is 5.70. The Kier molecular flexibility index (Phi) is 2.70. The molecular weight excluding hydrogens is 198 g/mol. The fourth-order valence-electron chi connectivity index (χ4n) is 1.50. The number of aromatic amines is 1. The predicted octanol–water partition coefficient (Wildman–Crippen LogP) is 2.11. The number of hydrogen-bond acceptors (Lipinski definition) is 2. The molecule has 0 unspecified atom stereocenters. The number of H-pyrrole nitrogens is 1. The van der Waals surface area contributed by atoms with E-state index in [1.165, 1.54) is 0 Å². The number of fused-ring (bicyclic) bond motifs is 1. The molecule has 2 rings (SSSR count). The lowest BCUT2D eigenvalue weighted by Gasteiger charge is -1.96. The van der Waals surface area contributed by atoms with Gasteiger partial charge in [-0.1, -0.05) is 11.6 Å². The topological polar surface area (TPSA) is 54.7 Å². The van der Waals surface area contributed by atoms with Crippen LogP contribution >= 0.6 is 11.6 Å². The van der Waals surface area contributed by atoms with E-state index in [1.54, 1.807) is 0 Å². The number of aromatic nitrogens is 2. The number of rotatable bonds is 3. The zero-order valence-corrected chi connectivity index (χ0v) is 8.51. The lowest BCUT2D eigenvalue weighted by atomic mass is 10.1. The number of aryl methyl sites for hydroxylation is 1. The lowest BCUT2D eigenvalue weighted by molar-refractivity contribution is 0.808. The highest BCUT2D eigenvalue weighted by Gasteiger charge is 2.04. The molecule has 14 heavy (non-hydrogen) atoms. The first-order valence-electron chi connectivity index (χ1n) is 4.64. The van der Waals surface area contributed by atoms with Crippen molar-refractivity contribution in [3.63, 3.8) is 0 Å². The van der Waals surface area contributed by atoms with Crippen molar-refractivity contribution in [1.82, 2.24) is 10.2 Å². The SMILES string of the molecule is NCCCc1[nH]nc2ccc(Cl)cc12. The van der Waals surface area contributed by atoms with Crippen LogP contribution in [0.2, 0.25) is 5.02 Å². The Morgan fingerprint density at radius 1 is 1.43 bits per heavy atom. The minimum absolute atomic E-state index is 0.696. The summed E-state index contributed by atoms with van der Waals surface area (Å²) in [6.45, 7) is 0.696. The third kappa shape index (κ3) is 1.74. The monoisotopic (exact) mass is 209 g/mol. The van der Waals surface area contributed by atoms with Crippen molar-refractivity contribution in [2.45, 2.75) is 12.8 Å². The van der Waals surface area contributed by atoms with Gasteiger partial charge in [-0.3, -0.25) is 5.10 Å². The summed E-state index contributed by atoms with van der Waals surface area (Å²) >= 11 is 5.92. The molecule has 74 valence electrons. The van der Waals surface area contributed by atoms with Gasteiger partial charge in [-0.15, -0.1) is 0 Å². The molecule has 2 aromatic rings. The van der Waals surface area contributed by atoms with Crippen LogP contribution in [0.4, 0.5) is 0 Å². The van der Waals surface area contributed by atoms with Crippen molar-refractivity contribution in [2.75, 3.05) is 6.54 Å². The Morgan fingerprint density at radius 3 is 3.07 bits per heavy atom. The van der Waals surface area contributed by atoms with E-state index in [2.05, 4.69) is 10.2 Å². The Hall–Kier alpha value is -1.06. The average molecular weight is 210 g/mol. The molecule has 0 radical (unpaired) electrons. The van der Waals surface area contributed by atoms with Crippen LogP contribution in [0.5, 0.6) is 0 Å². The van der Waals surface area contributed by atoms with E-state index < -0.39 is 0 Å². The van der Waals surface area contributed by atoms with Crippen LogP contribution in [-0.2, 0) is 6.42 Å². The van der Waals surface area contributed by atoms with Gasteiger partial charge in [0.05, 0.1) is 5.52 Å². The van der Waals surface area contributed by atoms with Gasteiger partial charge in [0, 0.05) is 16.1 Å². The summed E-state index contributed by atoms with van der Waals surface area (Å²) in [6.07, 6.45) is 1.89. The fraction of sp³-hybridized carbons (Fsp3) is 0.300. The smallest absolute Gasteiger partial charge is 0.0924 e. The zero-order valence-electron chi connectivity index (χ0n) is 7.76. The quantitative estimate of drug-likeness (QED) is 0.814. The van der Waals surface area contributed by atoms with Crippen molar-refractivity contribution in [3.05, 3.63) is 28.9 Å². The Morgan fingerprint density at radius 2 is 2.29 bits per heavy atom. The zero-order chi connectivity index (χ0) is 9.97. The second-order valence-electron chi connectivity index (χ2n) is 3.26. The van der Waals surface area contributed by atoms with Gasteiger partial charge in [0.2, 0.25) is 0 Å². The van der Waals surface area contributed by atoms with Gasteiger partial charge in [0.15, 0.2) is 0 Å². The molecule has 1 heterocycles. The van der Waals surface area contributed by atoms with Gasteiger partial charge in [0.25, 0.3) is 0 Å². The minimum Gasteiger partial charge on any atom is -0.330 e. The van der Waals surface area contributed by atoms with Gasteiger partial charge < -0.3 is 5.73 Å². The van der Waals surface area contributed by atoms with E-state index in [1.807, 2.05) is 18.2 Å². The maximum atomic E-state index is 5.92. The molecule has 0 aliphatic carbocycles. The molecule has 4 heteroatoms. The van der Waals surface area contributed by atoms with Crippen LogP contribution in [0.1, 0.15) is 12.1 Å². The predicted molar refractivity (Wildman–Crippen MR) is 58.5 cm³/mol. The van der Waals surface area contributed by atoms with Gasteiger partial charge >= 0.3 is 0 Å². The number of benzene rings is 1. The normalized spacial score (nSPS) is 11.0. The lowest BCUT2D eigenvalue weighted by Crippen LogP contribution is -2.00. The molecule has 0 fully saturated rings. The largest absolute Gasteiger partial charge is 0.330 e. The van der Waals surface area contributed by atoms with E-state index in [0.717, 1.165) is 34.5 Å². The molecule has 1 aromatic carbocycles. The van der Waals surface area contributed by atoms with Crippen molar-refractivity contribution >= 4 is 22.5 Å². The average Bonchev–Trinajstić information content (AvgIpc) is 2.57. The molecule has 0 bridgehead atoms. The van der Waals surface area contributed by atoms with Crippen LogP contribution < -0.4 is 5.73 Å². The Labute approximate surface area is 87.2 Å². The van der Waals surface area contributed by atoms with E-state index in [4.69, 9.17) is 17.3 Å². The van der Waals surface area contributed by atoms with Crippen LogP contribution in [0.25, 0.3) is 10.9 Å². The van der Waals surface area contributed by atoms with Gasteiger partial charge in [0.1, 0.15) is 0 Å². The molecule has 3 nitrogen and oxygen atoms in total. The summed E-state index contributed by atoms with van der Waals surface area (Å²) in [5, 5.41) is 9.05. The Balaban J connectivity index is 2.40. The first-order chi connectivity index (χ1) is 6.81. The maximum Gasteiger partial charge on any atom is 0.0924 e. The highest BCUT2D eigenvalue weighted by Crippen LogP contribution is 2.21. The van der Waals surface area contributed by atoms with Crippen molar-refractivity contribution in [3.8, 4) is 0 Å². The number of nitrogens with one attached hydrogen (secondary N) is 1. The molecule has 0 saturated carbocycles. The fourth-order valence-corrected chi connectivity index (χ4v) is 1.68. The first-order valence-corrected chi connectivity index (χ1v) is 5.01. The van der Waals surface area contributed by atoms with Gasteiger partial charge in [-0.05, 0) is 37.6 Å². The number of halogens is 1. The van der Waals surface area contributed by atoms with E-state index in [0.29, 0.717) is 6.54 Å². The summed E-state index contributed by atoms with van der Waals surface area (Å²) < 4.78 is 0. The van der Waals surface area contributed by atoms with Crippen molar-refractivity contribution in [1.29, 1.82) is 0 Å². The van der Waals surface area contributed by atoms with Crippen LogP contribution in [0.15, 0.2) is 18.2 Å². The van der Waals surface area contributed by atoms with Crippen LogP contribution in [-0.4, -0.2) is 16.7 Å². The summed E-state index contributed by atoms with van der Waals surface area (Å²) in [5.41, 5.74) is 7.54. The standard InChI is InChI=1S/C10H12ClN3/c11-7-3-4-10-8(6-7)9(13-14-10)2-1-5-12/h3-4,6H,1-2,5,12H2,(H,13,14). The highest BCUT2D eigenvalue weighted by atomic mass is 35.5. The molecule has 1 aromatic heterocycles. The molecule has 0 aliphatic rings. The molecular formula is C10H12ClN3. The highest BCUT2D eigenvalue weighted by molar-refractivity contribution is 6.31. The maximum absolute atomic E-state index is 5.92. The number of hydrogen-bond donors (Lipinski definition) is 2. The second-order valence-corrected chi connectivity index (χ2v) is 3.69. The van der Waals surface area contributed by atoms with Crippen molar-refractivity contribution < 1.29 is 0 Å². The van der Waals surface area contributed by atoms with Crippen molar-refractivity contribution in [2.24, 2.45) is 5.73 Å². The first kappa shape index (κ1) is 9.49. The molecule has 0 amide bonds. The Bertz CT molecular complexity index is 436. The third-order valence-corrected chi connectivity index (χ3v) is 2.46. The molecule has 0 atom stereocenters.